The van der Waals surface area contributed by atoms with E-state index < -0.39 is 0 Å². The van der Waals surface area contributed by atoms with Crippen LogP contribution in [0.25, 0.3) is 0 Å². The largest absolute Gasteiger partial charge is 0.377 e. The van der Waals surface area contributed by atoms with E-state index in [-0.39, 0.29) is 5.91 Å². The number of hydrogen-bond donors (Lipinski definition) is 4. The number of hydrogen-bond acceptors (Lipinski definition) is 9. The van der Waals surface area contributed by atoms with Crippen molar-refractivity contribution in [2.45, 2.75) is 39.3 Å². The molecule has 0 radical (unpaired) electrons. The summed E-state index contributed by atoms with van der Waals surface area (Å²) in [5.41, 5.74) is 1.78. The Morgan fingerprint density at radius 2 is 1.32 bits per heavy atom. The number of carbonyl (C=O) groups excluding carboxylic acids is 1. The Morgan fingerprint density at radius 3 is 1.97 bits per heavy atom. The highest BCUT2D eigenvalue weighted by atomic mass is 16.5. The van der Waals surface area contributed by atoms with Gasteiger partial charge in [0.15, 0.2) is 0 Å². The molecule has 3 aromatic rings. The zero-order valence-electron chi connectivity index (χ0n) is 22.3. The quantitative estimate of drug-likeness (QED) is 0.184. The summed E-state index contributed by atoms with van der Waals surface area (Å²) in [6.45, 7) is 7.69. The zero-order valence-corrected chi connectivity index (χ0v) is 22.3. The molecule has 10 nitrogen and oxygen atoms in total. The number of ether oxygens (including phenoxy) is 2. The molecule has 0 aliphatic carbocycles. The zero-order chi connectivity index (χ0) is 26.8. The smallest absolute Gasteiger partial charge is 0.251 e. The normalized spacial score (nSPS) is 10.8. The minimum atomic E-state index is -0.105. The maximum absolute atomic E-state index is 12.0. The lowest BCUT2D eigenvalue weighted by Crippen LogP contribution is -2.27. The summed E-state index contributed by atoms with van der Waals surface area (Å²) >= 11 is 0. The molecular weight excluding hydrogens is 482 g/mol. The Morgan fingerprint density at radius 1 is 0.737 bits per heavy atom. The molecule has 0 bridgehead atoms. The van der Waals surface area contributed by atoms with Crippen molar-refractivity contribution in [2.75, 3.05) is 55.5 Å². The van der Waals surface area contributed by atoms with E-state index in [0.29, 0.717) is 75.5 Å². The lowest BCUT2D eigenvalue weighted by Gasteiger charge is -2.16. The van der Waals surface area contributed by atoms with Gasteiger partial charge >= 0.3 is 0 Å². The van der Waals surface area contributed by atoms with Gasteiger partial charge in [-0.05, 0) is 30.5 Å². The van der Waals surface area contributed by atoms with Crippen LogP contribution < -0.4 is 21.3 Å². The summed E-state index contributed by atoms with van der Waals surface area (Å²) in [7, 11) is 0. The fraction of sp³-hybridized carbons (Fsp3) is 0.429. The number of aromatic nitrogens is 3. The molecule has 3 rings (SSSR count). The van der Waals surface area contributed by atoms with Crippen LogP contribution in [-0.2, 0) is 16.0 Å². The fourth-order valence-electron chi connectivity index (χ4n) is 3.54. The topological polar surface area (TPSA) is 122 Å². The van der Waals surface area contributed by atoms with E-state index in [9.17, 15) is 4.79 Å². The fourth-order valence-corrected chi connectivity index (χ4v) is 3.54. The van der Waals surface area contributed by atoms with Gasteiger partial charge in [0, 0.05) is 31.2 Å². The maximum Gasteiger partial charge on any atom is 0.251 e. The van der Waals surface area contributed by atoms with Gasteiger partial charge in [-0.25, -0.2) is 0 Å². The average molecular weight is 522 g/mol. The molecular formula is C28H39N7O3. The number of nitrogens with zero attached hydrogens (tertiary/aromatic N) is 3. The lowest BCUT2D eigenvalue weighted by molar-refractivity contribution is 0.0519. The highest BCUT2D eigenvalue weighted by Gasteiger charge is 2.10. The molecule has 0 aliphatic heterocycles. The number of anilines is 3. The van der Waals surface area contributed by atoms with Crippen LogP contribution in [0.3, 0.4) is 0 Å². The van der Waals surface area contributed by atoms with E-state index in [1.165, 1.54) is 0 Å². The second-order valence-corrected chi connectivity index (χ2v) is 8.58. The Bertz CT molecular complexity index is 1070. The molecule has 1 heterocycles. The highest BCUT2D eigenvalue weighted by molar-refractivity contribution is 5.94. The summed E-state index contributed by atoms with van der Waals surface area (Å²) in [6.07, 6.45) is 1.96. The molecule has 0 spiro atoms. The first-order chi connectivity index (χ1) is 18.7. The van der Waals surface area contributed by atoms with Gasteiger partial charge in [0.2, 0.25) is 17.8 Å². The van der Waals surface area contributed by atoms with Crippen molar-refractivity contribution in [3.63, 3.8) is 0 Å². The summed E-state index contributed by atoms with van der Waals surface area (Å²) < 4.78 is 11.2. The summed E-state index contributed by atoms with van der Waals surface area (Å²) in [5, 5.41) is 12.7. The molecule has 0 fully saturated rings. The summed E-state index contributed by atoms with van der Waals surface area (Å²) in [4.78, 5) is 25.6. The first-order valence-corrected chi connectivity index (χ1v) is 13.2. The van der Waals surface area contributed by atoms with Crippen LogP contribution in [-0.4, -0.2) is 66.4 Å². The summed E-state index contributed by atoms with van der Waals surface area (Å²) in [5.74, 6) is 1.43. The predicted octanol–water partition coefficient (Wildman–Crippen LogP) is 3.96. The van der Waals surface area contributed by atoms with E-state index in [0.717, 1.165) is 18.4 Å². The number of carbonyl (C=O) groups is 1. The summed E-state index contributed by atoms with van der Waals surface area (Å²) in [6, 6.07) is 19.5. The predicted molar refractivity (Wildman–Crippen MR) is 150 cm³/mol. The molecule has 0 aliphatic rings. The van der Waals surface area contributed by atoms with Crippen molar-refractivity contribution < 1.29 is 14.3 Å². The molecule has 2 aromatic carbocycles. The highest BCUT2D eigenvalue weighted by Crippen LogP contribution is 2.13. The van der Waals surface area contributed by atoms with Gasteiger partial charge in [-0.2, -0.15) is 15.0 Å². The van der Waals surface area contributed by atoms with Gasteiger partial charge in [0.1, 0.15) is 0 Å². The molecule has 0 saturated heterocycles. The molecule has 1 aromatic heterocycles. The Kier molecular flexibility index (Phi) is 12.8. The van der Waals surface area contributed by atoms with Crippen molar-refractivity contribution in [3.8, 4) is 0 Å². The van der Waals surface area contributed by atoms with E-state index in [1.807, 2.05) is 36.4 Å². The van der Waals surface area contributed by atoms with E-state index in [2.05, 4.69) is 62.2 Å². The van der Waals surface area contributed by atoms with Crippen molar-refractivity contribution >= 4 is 23.8 Å². The third-order valence-electron chi connectivity index (χ3n) is 5.72. The SMILES string of the molecule is CCC(CC)Nc1nc(NCCOCCOCCNC(=O)c2ccccc2)nc(NCc2ccccc2)n1. The van der Waals surface area contributed by atoms with E-state index >= 15 is 0 Å². The second-order valence-electron chi connectivity index (χ2n) is 8.58. The van der Waals surface area contributed by atoms with E-state index in [1.54, 1.807) is 12.1 Å². The van der Waals surface area contributed by atoms with Crippen LogP contribution in [0.15, 0.2) is 60.7 Å². The van der Waals surface area contributed by atoms with Crippen molar-refractivity contribution in [2.24, 2.45) is 0 Å². The number of rotatable bonds is 18. The van der Waals surface area contributed by atoms with Crippen LogP contribution in [0.1, 0.15) is 42.6 Å². The Balaban J connectivity index is 1.35. The number of benzene rings is 2. The molecule has 38 heavy (non-hydrogen) atoms. The van der Waals surface area contributed by atoms with Crippen LogP contribution in [0, 0.1) is 0 Å². The Hall–Kier alpha value is -3.76. The minimum absolute atomic E-state index is 0.105. The van der Waals surface area contributed by atoms with Crippen LogP contribution >= 0.6 is 0 Å². The van der Waals surface area contributed by atoms with Crippen LogP contribution in [0.4, 0.5) is 17.8 Å². The monoisotopic (exact) mass is 521 g/mol. The van der Waals surface area contributed by atoms with Crippen LogP contribution in [0.5, 0.6) is 0 Å². The number of nitrogens with one attached hydrogen (secondary N) is 4. The molecule has 0 saturated carbocycles. The lowest BCUT2D eigenvalue weighted by atomic mass is 10.2. The maximum atomic E-state index is 12.0. The van der Waals surface area contributed by atoms with Gasteiger partial charge < -0.3 is 30.7 Å². The molecule has 10 heteroatoms. The molecule has 0 unspecified atom stereocenters. The van der Waals surface area contributed by atoms with Crippen LogP contribution in [0.2, 0.25) is 0 Å². The first-order valence-electron chi connectivity index (χ1n) is 13.2. The van der Waals surface area contributed by atoms with Crippen molar-refractivity contribution in [1.29, 1.82) is 0 Å². The molecule has 1 amide bonds. The molecule has 204 valence electrons. The van der Waals surface area contributed by atoms with Gasteiger partial charge in [0.25, 0.3) is 5.91 Å². The first kappa shape index (κ1) is 28.8. The van der Waals surface area contributed by atoms with Gasteiger partial charge in [-0.3, -0.25) is 4.79 Å². The van der Waals surface area contributed by atoms with Gasteiger partial charge in [-0.1, -0.05) is 62.4 Å². The van der Waals surface area contributed by atoms with Crippen molar-refractivity contribution in [3.05, 3.63) is 71.8 Å². The second kappa shape index (κ2) is 16.9. The van der Waals surface area contributed by atoms with Gasteiger partial charge in [0.05, 0.1) is 26.4 Å². The minimum Gasteiger partial charge on any atom is -0.377 e. The Labute approximate surface area is 225 Å². The number of amides is 1. The molecule has 4 N–H and O–H groups in total. The average Bonchev–Trinajstić information content (AvgIpc) is 2.96. The third kappa shape index (κ3) is 10.7. The molecule has 0 atom stereocenters. The van der Waals surface area contributed by atoms with Gasteiger partial charge in [-0.15, -0.1) is 0 Å². The van der Waals surface area contributed by atoms with Crippen molar-refractivity contribution in [1.82, 2.24) is 20.3 Å². The third-order valence-corrected chi connectivity index (χ3v) is 5.72. The standard InChI is InChI=1S/C28H39N7O3/c1-3-24(4-2)32-28-34-26(33-27(35-28)31-21-22-11-7-5-8-12-22)30-16-18-38-20-19-37-17-15-29-25(36)23-13-9-6-10-14-23/h5-14,24H,3-4,15-21H2,1-2H3,(H,29,36)(H3,30,31,32,33,34,35). The van der Waals surface area contributed by atoms with E-state index in [4.69, 9.17) is 9.47 Å².